The largest absolute Gasteiger partial charge is 0.318 e. The van der Waals surface area contributed by atoms with Gasteiger partial charge >= 0.3 is 0 Å². The normalized spacial score (nSPS) is 11.6. The van der Waals surface area contributed by atoms with Crippen molar-refractivity contribution in [2.45, 2.75) is 11.8 Å². The van der Waals surface area contributed by atoms with Gasteiger partial charge in [0.15, 0.2) is 9.84 Å². The van der Waals surface area contributed by atoms with Crippen LogP contribution in [0.5, 0.6) is 0 Å². The lowest BCUT2D eigenvalue weighted by Gasteiger charge is -2.07. The summed E-state index contributed by atoms with van der Waals surface area (Å²) in [6.07, 6.45) is 2.65. The Balaban J connectivity index is 1.97. The molecular formula is C14H13N5O3S. The van der Waals surface area contributed by atoms with Crippen LogP contribution in [0.25, 0.3) is 5.78 Å². The molecule has 2 aromatic heterocycles. The van der Waals surface area contributed by atoms with Gasteiger partial charge in [0.2, 0.25) is 5.82 Å². The monoisotopic (exact) mass is 331 g/mol. The van der Waals surface area contributed by atoms with Crippen molar-refractivity contribution in [3.63, 3.8) is 0 Å². The molecule has 0 aliphatic carbocycles. The molecule has 2 heterocycles. The van der Waals surface area contributed by atoms with E-state index in [1.165, 1.54) is 16.6 Å². The average Bonchev–Trinajstić information content (AvgIpc) is 2.92. The van der Waals surface area contributed by atoms with Gasteiger partial charge in [-0.05, 0) is 25.1 Å². The molecule has 0 unspecified atom stereocenters. The second-order valence-electron chi connectivity index (χ2n) is 4.96. The number of benzene rings is 1. The zero-order chi connectivity index (χ0) is 16.6. The van der Waals surface area contributed by atoms with Crippen LogP contribution in [0.1, 0.15) is 16.3 Å². The number of hydrogen-bond acceptors (Lipinski definition) is 6. The highest BCUT2D eigenvalue weighted by Crippen LogP contribution is 2.21. The summed E-state index contributed by atoms with van der Waals surface area (Å²) in [6, 6.07) is 7.89. The summed E-state index contributed by atoms with van der Waals surface area (Å²) < 4.78 is 25.0. The lowest BCUT2D eigenvalue weighted by atomic mass is 10.3. The maximum absolute atomic E-state index is 12.3. The van der Waals surface area contributed by atoms with Crippen molar-refractivity contribution >= 4 is 27.2 Å². The molecule has 3 rings (SSSR count). The van der Waals surface area contributed by atoms with Crippen molar-refractivity contribution in [1.29, 1.82) is 0 Å². The predicted octanol–water partition coefficient (Wildman–Crippen LogP) is 1.09. The maximum Gasteiger partial charge on any atom is 0.295 e. The van der Waals surface area contributed by atoms with Gasteiger partial charge in [-0.3, -0.25) is 4.79 Å². The van der Waals surface area contributed by atoms with Gasteiger partial charge < -0.3 is 5.32 Å². The molecule has 0 spiro atoms. The minimum atomic E-state index is -3.47. The van der Waals surface area contributed by atoms with Gasteiger partial charge in [0.25, 0.3) is 11.7 Å². The molecule has 1 amide bonds. The highest BCUT2D eigenvalue weighted by molar-refractivity contribution is 7.90. The van der Waals surface area contributed by atoms with Crippen molar-refractivity contribution in [2.24, 2.45) is 0 Å². The SMILES string of the molecule is Cc1ccnc2nc(C(=O)Nc3ccccc3S(C)(=O)=O)nn12. The average molecular weight is 331 g/mol. The molecule has 8 nitrogen and oxygen atoms in total. The Hall–Kier alpha value is -2.81. The highest BCUT2D eigenvalue weighted by atomic mass is 32.2. The van der Waals surface area contributed by atoms with Gasteiger partial charge in [0, 0.05) is 18.1 Å². The molecule has 0 aliphatic rings. The second kappa shape index (κ2) is 5.43. The smallest absolute Gasteiger partial charge is 0.295 e. The number of carbonyl (C=O) groups excluding carboxylic acids is 1. The Bertz CT molecular complexity index is 1010. The van der Waals surface area contributed by atoms with Crippen molar-refractivity contribution in [1.82, 2.24) is 19.6 Å². The number of aryl methyl sites for hydroxylation is 1. The molecule has 0 saturated heterocycles. The molecule has 1 aromatic carbocycles. The number of rotatable bonds is 3. The first-order valence-electron chi connectivity index (χ1n) is 6.65. The molecule has 0 aliphatic heterocycles. The Morgan fingerprint density at radius 2 is 1.96 bits per heavy atom. The van der Waals surface area contributed by atoms with Crippen LogP contribution in [0.3, 0.4) is 0 Å². The van der Waals surface area contributed by atoms with Crippen LogP contribution in [0, 0.1) is 6.92 Å². The van der Waals surface area contributed by atoms with Crippen molar-refractivity contribution in [3.05, 3.63) is 48.0 Å². The molecule has 0 radical (unpaired) electrons. The van der Waals surface area contributed by atoms with Crippen molar-refractivity contribution in [2.75, 3.05) is 11.6 Å². The van der Waals surface area contributed by atoms with Crippen LogP contribution in [0.4, 0.5) is 5.69 Å². The van der Waals surface area contributed by atoms with E-state index in [0.717, 1.165) is 11.9 Å². The zero-order valence-electron chi connectivity index (χ0n) is 12.4. The number of nitrogens with one attached hydrogen (secondary N) is 1. The van der Waals surface area contributed by atoms with Gasteiger partial charge in [0.1, 0.15) is 0 Å². The first-order chi connectivity index (χ1) is 10.9. The standard InChI is InChI=1S/C14H13N5O3S/c1-9-7-8-15-14-17-12(18-19(9)14)13(20)16-10-5-3-4-6-11(10)23(2,21)22/h3-8H,1-2H3,(H,16,20). The Labute approximate surface area is 132 Å². The molecule has 3 aromatic rings. The highest BCUT2D eigenvalue weighted by Gasteiger charge is 2.18. The van der Waals surface area contributed by atoms with Crippen molar-refractivity contribution < 1.29 is 13.2 Å². The van der Waals surface area contributed by atoms with E-state index < -0.39 is 15.7 Å². The van der Waals surface area contributed by atoms with E-state index in [1.807, 2.05) is 6.92 Å². The molecule has 0 saturated carbocycles. The summed E-state index contributed by atoms with van der Waals surface area (Å²) in [5.41, 5.74) is 0.960. The molecule has 0 bridgehead atoms. The maximum atomic E-state index is 12.3. The third-order valence-corrected chi connectivity index (χ3v) is 4.32. The van der Waals surface area contributed by atoms with Gasteiger partial charge in [-0.2, -0.15) is 4.98 Å². The van der Waals surface area contributed by atoms with E-state index in [1.54, 1.807) is 24.4 Å². The lowest BCUT2D eigenvalue weighted by Crippen LogP contribution is -2.16. The van der Waals surface area contributed by atoms with Gasteiger partial charge in [-0.25, -0.2) is 17.9 Å². The molecule has 118 valence electrons. The van der Waals surface area contributed by atoms with Gasteiger partial charge in [-0.15, -0.1) is 5.10 Å². The molecule has 0 fully saturated rings. The summed E-state index contributed by atoms with van der Waals surface area (Å²) in [4.78, 5) is 20.4. The number of para-hydroxylation sites is 1. The van der Waals surface area contributed by atoms with Crippen LogP contribution in [0.2, 0.25) is 0 Å². The number of anilines is 1. The summed E-state index contributed by atoms with van der Waals surface area (Å²) in [5, 5.41) is 6.61. The first kappa shape index (κ1) is 15.1. The van der Waals surface area contributed by atoms with E-state index in [9.17, 15) is 13.2 Å². The minimum Gasteiger partial charge on any atom is -0.318 e. The van der Waals surface area contributed by atoms with Crippen LogP contribution >= 0.6 is 0 Å². The van der Waals surface area contributed by atoms with Crippen LogP contribution in [-0.2, 0) is 9.84 Å². The minimum absolute atomic E-state index is 0.0337. The third-order valence-electron chi connectivity index (χ3n) is 3.17. The Kier molecular flexibility index (Phi) is 3.57. The van der Waals surface area contributed by atoms with Gasteiger partial charge in [-0.1, -0.05) is 12.1 Å². The van der Waals surface area contributed by atoms with E-state index in [4.69, 9.17) is 0 Å². The zero-order valence-corrected chi connectivity index (χ0v) is 13.2. The second-order valence-corrected chi connectivity index (χ2v) is 6.94. The van der Waals surface area contributed by atoms with Crippen molar-refractivity contribution in [3.8, 4) is 0 Å². The number of sulfone groups is 1. The van der Waals surface area contributed by atoms with Crippen LogP contribution in [-0.4, -0.2) is 40.2 Å². The van der Waals surface area contributed by atoms with E-state index >= 15 is 0 Å². The number of aromatic nitrogens is 4. The molecule has 9 heteroatoms. The fourth-order valence-electron chi connectivity index (χ4n) is 2.07. The van der Waals surface area contributed by atoms with Crippen LogP contribution < -0.4 is 5.32 Å². The van der Waals surface area contributed by atoms with E-state index in [2.05, 4.69) is 20.4 Å². The summed E-state index contributed by atoms with van der Waals surface area (Å²) in [6.45, 7) is 1.81. The number of carbonyl (C=O) groups is 1. The summed E-state index contributed by atoms with van der Waals surface area (Å²) >= 11 is 0. The Morgan fingerprint density at radius 3 is 2.65 bits per heavy atom. The topological polar surface area (TPSA) is 106 Å². The molecule has 23 heavy (non-hydrogen) atoms. The van der Waals surface area contributed by atoms with Gasteiger partial charge in [0.05, 0.1) is 10.6 Å². The third kappa shape index (κ3) is 2.90. The molecule has 1 N–H and O–H groups in total. The Morgan fingerprint density at radius 1 is 1.22 bits per heavy atom. The number of amides is 1. The van der Waals surface area contributed by atoms with E-state index in [-0.39, 0.29) is 16.4 Å². The first-order valence-corrected chi connectivity index (χ1v) is 8.54. The lowest BCUT2D eigenvalue weighted by molar-refractivity contribution is 0.101. The molecule has 0 atom stereocenters. The number of fused-ring (bicyclic) bond motifs is 1. The fourth-order valence-corrected chi connectivity index (χ4v) is 2.92. The quantitative estimate of drug-likeness (QED) is 0.770. The fraction of sp³-hybridized carbons (Fsp3) is 0.143. The molecular weight excluding hydrogens is 318 g/mol. The predicted molar refractivity (Wildman–Crippen MR) is 83.0 cm³/mol. The summed E-state index contributed by atoms with van der Waals surface area (Å²) in [5.74, 6) is -0.396. The van der Waals surface area contributed by atoms with E-state index in [0.29, 0.717) is 5.78 Å². The number of hydrogen-bond donors (Lipinski definition) is 1. The number of nitrogens with zero attached hydrogens (tertiary/aromatic N) is 4. The van der Waals surface area contributed by atoms with Crippen LogP contribution in [0.15, 0.2) is 41.4 Å². The summed E-state index contributed by atoms with van der Waals surface area (Å²) in [7, 11) is -3.47.